The SMILES string of the molecule is COc1ccc(/C=N\NC(=S)N[C@@H]2CCCC[C@H]2C)c(OC)c1. The summed E-state index contributed by atoms with van der Waals surface area (Å²) in [5, 5.41) is 8.12. The first kappa shape index (κ1) is 17.5. The summed E-state index contributed by atoms with van der Waals surface area (Å²) in [5.74, 6) is 2.10. The fourth-order valence-corrected chi connectivity index (χ4v) is 3.02. The van der Waals surface area contributed by atoms with E-state index in [2.05, 4.69) is 22.8 Å². The van der Waals surface area contributed by atoms with Crippen LogP contribution in [-0.4, -0.2) is 31.6 Å². The van der Waals surface area contributed by atoms with Gasteiger partial charge in [0.2, 0.25) is 0 Å². The summed E-state index contributed by atoms with van der Waals surface area (Å²) < 4.78 is 10.5. The summed E-state index contributed by atoms with van der Waals surface area (Å²) in [6.45, 7) is 2.27. The number of rotatable bonds is 5. The molecule has 1 aliphatic rings. The van der Waals surface area contributed by atoms with Crippen LogP contribution in [0.5, 0.6) is 11.5 Å². The third-order valence-electron chi connectivity index (χ3n) is 4.24. The minimum Gasteiger partial charge on any atom is -0.497 e. The first-order chi connectivity index (χ1) is 11.1. The number of hydrogen-bond donors (Lipinski definition) is 2. The van der Waals surface area contributed by atoms with Crippen molar-refractivity contribution in [2.24, 2.45) is 11.0 Å². The fourth-order valence-electron chi connectivity index (χ4n) is 2.82. The second-order valence-electron chi connectivity index (χ2n) is 5.82. The molecule has 0 saturated heterocycles. The van der Waals surface area contributed by atoms with Crippen LogP contribution in [0.25, 0.3) is 0 Å². The molecule has 1 aromatic carbocycles. The van der Waals surface area contributed by atoms with E-state index in [1.165, 1.54) is 25.7 Å². The van der Waals surface area contributed by atoms with Gasteiger partial charge in [0.05, 0.1) is 20.4 Å². The van der Waals surface area contributed by atoms with E-state index in [0.717, 1.165) is 11.3 Å². The Labute approximate surface area is 143 Å². The van der Waals surface area contributed by atoms with Crippen LogP contribution >= 0.6 is 12.2 Å². The number of benzene rings is 1. The Kier molecular flexibility index (Phi) is 6.65. The molecule has 0 aliphatic heterocycles. The van der Waals surface area contributed by atoms with Crippen LogP contribution in [0.15, 0.2) is 23.3 Å². The molecule has 2 N–H and O–H groups in total. The molecule has 0 heterocycles. The molecule has 0 bridgehead atoms. The van der Waals surface area contributed by atoms with Gasteiger partial charge in [-0.1, -0.05) is 19.8 Å². The summed E-state index contributed by atoms with van der Waals surface area (Å²) in [4.78, 5) is 0. The zero-order valence-corrected chi connectivity index (χ0v) is 14.8. The Hall–Kier alpha value is -1.82. The van der Waals surface area contributed by atoms with Crippen molar-refractivity contribution >= 4 is 23.5 Å². The van der Waals surface area contributed by atoms with Gasteiger partial charge >= 0.3 is 0 Å². The minimum atomic E-state index is 0.439. The Morgan fingerprint density at radius 1 is 1.26 bits per heavy atom. The maximum atomic E-state index is 5.33. The van der Waals surface area contributed by atoms with Crippen LogP contribution in [0, 0.1) is 5.92 Å². The molecule has 6 heteroatoms. The number of hydrazone groups is 1. The monoisotopic (exact) mass is 335 g/mol. The van der Waals surface area contributed by atoms with Gasteiger partial charge < -0.3 is 14.8 Å². The number of methoxy groups -OCH3 is 2. The van der Waals surface area contributed by atoms with Gasteiger partial charge in [0.15, 0.2) is 5.11 Å². The maximum absolute atomic E-state index is 5.33. The quantitative estimate of drug-likeness (QED) is 0.492. The molecular weight excluding hydrogens is 310 g/mol. The second-order valence-corrected chi connectivity index (χ2v) is 6.23. The van der Waals surface area contributed by atoms with E-state index in [0.29, 0.717) is 22.8 Å². The predicted octanol–water partition coefficient (Wildman–Crippen LogP) is 3.08. The number of thiocarbonyl (C=S) groups is 1. The third kappa shape index (κ3) is 5.10. The van der Waals surface area contributed by atoms with Crippen molar-refractivity contribution < 1.29 is 9.47 Å². The van der Waals surface area contributed by atoms with Crippen LogP contribution in [-0.2, 0) is 0 Å². The minimum absolute atomic E-state index is 0.439. The molecule has 1 saturated carbocycles. The van der Waals surface area contributed by atoms with Crippen molar-refractivity contribution in [2.75, 3.05) is 14.2 Å². The molecule has 1 aromatic rings. The molecular formula is C17H25N3O2S. The van der Waals surface area contributed by atoms with E-state index in [9.17, 15) is 0 Å². The predicted molar refractivity (Wildman–Crippen MR) is 97.4 cm³/mol. The molecule has 0 unspecified atom stereocenters. The van der Waals surface area contributed by atoms with Gasteiger partial charge in [-0.3, -0.25) is 5.43 Å². The van der Waals surface area contributed by atoms with E-state index >= 15 is 0 Å². The molecule has 0 amide bonds. The smallest absolute Gasteiger partial charge is 0.187 e. The molecule has 2 atom stereocenters. The van der Waals surface area contributed by atoms with Gasteiger partial charge in [-0.2, -0.15) is 5.10 Å². The Balaban J connectivity index is 1.89. The van der Waals surface area contributed by atoms with Gasteiger partial charge in [-0.15, -0.1) is 0 Å². The van der Waals surface area contributed by atoms with Crippen LogP contribution in [0.1, 0.15) is 38.2 Å². The van der Waals surface area contributed by atoms with Gasteiger partial charge in [0.1, 0.15) is 11.5 Å². The molecule has 5 nitrogen and oxygen atoms in total. The van der Waals surface area contributed by atoms with Crippen LogP contribution in [0.4, 0.5) is 0 Å². The highest BCUT2D eigenvalue weighted by Gasteiger charge is 2.21. The first-order valence-corrected chi connectivity index (χ1v) is 8.36. The largest absolute Gasteiger partial charge is 0.497 e. The molecule has 1 fully saturated rings. The van der Waals surface area contributed by atoms with Gasteiger partial charge in [0, 0.05) is 17.7 Å². The van der Waals surface area contributed by atoms with Crippen molar-refractivity contribution in [3.8, 4) is 11.5 Å². The van der Waals surface area contributed by atoms with E-state index < -0.39 is 0 Å². The van der Waals surface area contributed by atoms with Crippen LogP contribution < -0.4 is 20.2 Å². The summed E-state index contributed by atoms with van der Waals surface area (Å²) in [5.41, 5.74) is 3.74. The molecule has 1 aliphatic carbocycles. The number of nitrogens with one attached hydrogen (secondary N) is 2. The van der Waals surface area contributed by atoms with Crippen molar-refractivity contribution in [3.05, 3.63) is 23.8 Å². The van der Waals surface area contributed by atoms with Crippen LogP contribution in [0.3, 0.4) is 0 Å². The highest BCUT2D eigenvalue weighted by molar-refractivity contribution is 7.80. The second kappa shape index (κ2) is 8.72. The zero-order chi connectivity index (χ0) is 16.7. The molecule has 2 rings (SSSR count). The molecule has 0 radical (unpaired) electrons. The van der Waals surface area contributed by atoms with Gasteiger partial charge in [-0.25, -0.2) is 0 Å². The topological polar surface area (TPSA) is 54.9 Å². The lowest BCUT2D eigenvalue weighted by Crippen LogP contribution is -2.44. The van der Waals surface area contributed by atoms with Gasteiger partial charge in [0.25, 0.3) is 0 Å². The van der Waals surface area contributed by atoms with E-state index in [4.69, 9.17) is 21.7 Å². The standard InChI is InChI=1S/C17H25N3O2S/c1-12-6-4-5-7-15(12)19-17(23)20-18-11-13-8-9-14(21-2)10-16(13)22-3/h8-12,15H,4-7H2,1-3H3,(H2,19,20,23)/b18-11-/t12-,15-/m1/s1. The summed E-state index contributed by atoms with van der Waals surface area (Å²) in [7, 11) is 3.25. The highest BCUT2D eigenvalue weighted by Crippen LogP contribution is 2.24. The van der Waals surface area contributed by atoms with Crippen LogP contribution in [0.2, 0.25) is 0 Å². The Morgan fingerprint density at radius 3 is 2.74 bits per heavy atom. The van der Waals surface area contributed by atoms with Crippen molar-refractivity contribution in [3.63, 3.8) is 0 Å². The van der Waals surface area contributed by atoms with E-state index in [-0.39, 0.29) is 0 Å². The van der Waals surface area contributed by atoms with Gasteiger partial charge in [-0.05, 0) is 43.1 Å². The molecule has 23 heavy (non-hydrogen) atoms. The summed E-state index contributed by atoms with van der Waals surface area (Å²) >= 11 is 5.32. The summed E-state index contributed by atoms with van der Waals surface area (Å²) in [6.07, 6.45) is 6.69. The Morgan fingerprint density at radius 2 is 2.04 bits per heavy atom. The Bertz CT molecular complexity index is 563. The zero-order valence-electron chi connectivity index (χ0n) is 14.0. The lowest BCUT2D eigenvalue weighted by molar-refractivity contribution is 0.308. The normalized spacial score (nSPS) is 21.0. The fraction of sp³-hybridized carbons (Fsp3) is 0.529. The lowest BCUT2D eigenvalue weighted by Gasteiger charge is -2.30. The lowest BCUT2D eigenvalue weighted by atomic mass is 9.86. The maximum Gasteiger partial charge on any atom is 0.187 e. The van der Waals surface area contributed by atoms with E-state index in [1.54, 1.807) is 20.4 Å². The van der Waals surface area contributed by atoms with Crippen molar-refractivity contribution in [1.82, 2.24) is 10.7 Å². The third-order valence-corrected chi connectivity index (χ3v) is 4.45. The average molecular weight is 335 g/mol. The van der Waals surface area contributed by atoms with Crippen molar-refractivity contribution in [1.29, 1.82) is 0 Å². The first-order valence-electron chi connectivity index (χ1n) is 7.95. The molecule has 0 spiro atoms. The number of nitrogens with zero attached hydrogens (tertiary/aromatic N) is 1. The molecule has 0 aromatic heterocycles. The summed E-state index contributed by atoms with van der Waals surface area (Å²) in [6, 6.07) is 6.02. The average Bonchev–Trinajstić information content (AvgIpc) is 2.57. The highest BCUT2D eigenvalue weighted by atomic mass is 32.1. The number of ether oxygens (including phenoxy) is 2. The number of hydrogen-bond acceptors (Lipinski definition) is 4. The molecule has 126 valence electrons. The van der Waals surface area contributed by atoms with E-state index in [1.807, 2.05) is 18.2 Å². The van der Waals surface area contributed by atoms with Crippen molar-refractivity contribution in [2.45, 2.75) is 38.6 Å².